The average Bonchev–Trinajstić information content (AvgIpc) is 3.48. The summed E-state index contributed by atoms with van der Waals surface area (Å²) in [5, 5.41) is 8.48. The molecule has 6 unspecified atom stereocenters. The number of carbonyl (C=O) groups is 1. The molecule has 148 valence electrons. The lowest BCUT2D eigenvalue weighted by Gasteiger charge is -2.33. The van der Waals surface area contributed by atoms with Crippen molar-refractivity contribution in [2.24, 2.45) is 17.8 Å². The molecule has 2 heterocycles. The lowest BCUT2D eigenvalue weighted by Crippen LogP contribution is -2.37. The number of ether oxygens (including phenoxy) is 2. The second-order valence-electron chi connectivity index (χ2n) is 8.92. The molecule has 2 aliphatic carbocycles. The number of amides is 1. The van der Waals surface area contributed by atoms with Crippen molar-refractivity contribution in [3.63, 3.8) is 0 Å². The van der Waals surface area contributed by atoms with Crippen LogP contribution in [0.1, 0.15) is 59.3 Å². The van der Waals surface area contributed by atoms with Gasteiger partial charge in [-0.05, 0) is 58.3 Å². The number of rotatable bonds is 4. The molecule has 0 aromatic carbocycles. The molecule has 2 saturated heterocycles. The molecule has 1 amide bonds. The molecule has 5 heteroatoms. The monoisotopic (exact) mass is 365 g/mol. The summed E-state index contributed by atoms with van der Waals surface area (Å²) in [5.41, 5.74) is 1.46. The summed E-state index contributed by atoms with van der Waals surface area (Å²) >= 11 is 0. The third-order valence-electron chi connectivity index (χ3n) is 6.71. The van der Waals surface area contributed by atoms with E-state index in [2.05, 4.69) is 26.8 Å². The van der Waals surface area contributed by atoms with Gasteiger partial charge in [-0.2, -0.15) is 0 Å². The Morgan fingerprint density at radius 1 is 1.27 bits per heavy atom. The normalized spacial score (nSPS) is 40.2. The molecular formula is C21H35NO4. The quantitative estimate of drug-likeness (QED) is 0.595. The second-order valence-corrected chi connectivity index (χ2v) is 8.92. The largest absolute Gasteiger partial charge is 0.465 e. The minimum Gasteiger partial charge on any atom is -0.465 e. The highest BCUT2D eigenvalue weighted by atomic mass is 16.6. The van der Waals surface area contributed by atoms with Crippen molar-refractivity contribution >= 4 is 6.09 Å². The number of methoxy groups -OCH3 is 1. The van der Waals surface area contributed by atoms with E-state index < -0.39 is 6.09 Å². The molecule has 4 rings (SSSR count). The lowest BCUT2D eigenvalue weighted by molar-refractivity contribution is -0.00777. The Bertz CT molecular complexity index is 534. The molecule has 4 fully saturated rings. The Balaban J connectivity index is 0.000000181. The van der Waals surface area contributed by atoms with Crippen molar-refractivity contribution in [2.45, 2.75) is 77.1 Å². The predicted octanol–water partition coefficient (Wildman–Crippen LogP) is 4.32. The summed E-state index contributed by atoms with van der Waals surface area (Å²) in [4.78, 5) is 11.8. The number of likely N-dealkylation sites (tertiary alicyclic amines) is 1. The highest BCUT2D eigenvalue weighted by Gasteiger charge is 2.58. The maximum Gasteiger partial charge on any atom is 0.407 e. The summed E-state index contributed by atoms with van der Waals surface area (Å²) in [7, 11) is 1.85. The fourth-order valence-corrected chi connectivity index (χ4v) is 4.81. The van der Waals surface area contributed by atoms with E-state index in [9.17, 15) is 4.79 Å². The van der Waals surface area contributed by atoms with Crippen molar-refractivity contribution in [3.05, 3.63) is 11.6 Å². The minimum absolute atomic E-state index is 0.0764. The Morgan fingerprint density at radius 3 is 2.46 bits per heavy atom. The maximum atomic E-state index is 10.3. The molecule has 4 aliphatic rings. The van der Waals surface area contributed by atoms with Crippen LogP contribution < -0.4 is 0 Å². The molecular weight excluding hydrogens is 330 g/mol. The van der Waals surface area contributed by atoms with Crippen molar-refractivity contribution in [2.75, 3.05) is 20.2 Å². The van der Waals surface area contributed by atoms with Gasteiger partial charge in [0.15, 0.2) is 0 Å². The zero-order valence-electron chi connectivity index (χ0n) is 16.7. The third kappa shape index (κ3) is 4.42. The number of carboxylic acid groups (broad SMARTS) is 1. The van der Waals surface area contributed by atoms with E-state index in [1.54, 1.807) is 0 Å². The Kier molecular flexibility index (Phi) is 5.97. The summed E-state index contributed by atoms with van der Waals surface area (Å²) < 4.78 is 11.7. The number of fused-ring (bicyclic) bond motifs is 1. The highest BCUT2D eigenvalue weighted by molar-refractivity contribution is 5.65. The molecule has 2 saturated carbocycles. The summed E-state index contributed by atoms with van der Waals surface area (Å²) in [5.74, 6) is 2.04. The SMILES string of the molecule is COC1CCCCC1C1(C)OC1CC=C(C)C.O=C(O)N1CC2CC2C1. The predicted molar refractivity (Wildman–Crippen MR) is 101 cm³/mol. The Hall–Kier alpha value is -1.07. The van der Waals surface area contributed by atoms with Crippen molar-refractivity contribution < 1.29 is 19.4 Å². The molecule has 0 spiro atoms. The second kappa shape index (κ2) is 7.89. The van der Waals surface area contributed by atoms with E-state index in [1.165, 1.54) is 42.6 Å². The zero-order chi connectivity index (χ0) is 18.9. The highest BCUT2D eigenvalue weighted by Crippen LogP contribution is 2.50. The first-order chi connectivity index (χ1) is 12.3. The molecule has 0 aromatic heterocycles. The first kappa shape index (κ1) is 19.7. The van der Waals surface area contributed by atoms with E-state index in [4.69, 9.17) is 14.6 Å². The molecule has 2 aliphatic heterocycles. The number of piperidine rings is 1. The minimum atomic E-state index is -0.748. The average molecular weight is 366 g/mol. The van der Waals surface area contributed by atoms with Gasteiger partial charge in [0.1, 0.15) is 0 Å². The van der Waals surface area contributed by atoms with E-state index in [0.29, 0.717) is 18.1 Å². The molecule has 0 bridgehead atoms. The van der Waals surface area contributed by atoms with Crippen LogP contribution >= 0.6 is 0 Å². The fourth-order valence-electron chi connectivity index (χ4n) is 4.81. The van der Waals surface area contributed by atoms with Gasteiger partial charge in [-0.25, -0.2) is 4.79 Å². The van der Waals surface area contributed by atoms with Gasteiger partial charge in [-0.15, -0.1) is 0 Å². The van der Waals surface area contributed by atoms with Crippen molar-refractivity contribution in [1.29, 1.82) is 0 Å². The molecule has 0 radical (unpaired) electrons. The Labute approximate surface area is 157 Å². The van der Waals surface area contributed by atoms with Crippen LogP contribution in [-0.4, -0.2) is 54.1 Å². The van der Waals surface area contributed by atoms with E-state index in [1.807, 2.05) is 7.11 Å². The molecule has 0 aromatic rings. The summed E-state index contributed by atoms with van der Waals surface area (Å²) in [6, 6.07) is 0. The number of hydrogen-bond donors (Lipinski definition) is 1. The topological polar surface area (TPSA) is 62.3 Å². The number of allylic oxidation sites excluding steroid dienone is 1. The third-order valence-corrected chi connectivity index (χ3v) is 6.71. The Morgan fingerprint density at radius 2 is 1.92 bits per heavy atom. The first-order valence-electron chi connectivity index (χ1n) is 10.2. The fraction of sp³-hybridized carbons (Fsp3) is 0.857. The van der Waals surface area contributed by atoms with Gasteiger partial charge in [-0.1, -0.05) is 24.5 Å². The van der Waals surface area contributed by atoms with Crippen molar-refractivity contribution in [1.82, 2.24) is 4.90 Å². The van der Waals surface area contributed by atoms with Gasteiger partial charge in [-0.3, -0.25) is 0 Å². The summed E-state index contributed by atoms with van der Waals surface area (Å²) in [6.45, 7) is 8.16. The molecule has 5 nitrogen and oxygen atoms in total. The van der Waals surface area contributed by atoms with Crippen LogP contribution in [0.2, 0.25) is 0 Å². The van der Waals surface area contributed by atoms with Gasteiger partial charge in [0.05, 0.1) is 17.8 Å². The van der Waals surface area contributed by atoms with E-state index >= 15 is 0 Å². The number of epoxide rings is 1. The van der Waals surface area contributed by atoms with Gasteiger partial charge in [0, 0.05) is 26.1 Å². The molecule has 26 heavy (non-hydrogen) atoms. The van der Waals surface area contributed by atoms with E-state index in [-0.39, 0.29) is 5.60 Å². The van der Waals surface area contributed by atoms with Crippen molar-refractivity contribution in [3.8, 4) is 0 Å². The first-order valence-corrected chi connectivity index (χ1v) is 10.2. The van der Waals surface area contributed by atoms with Gasteiger partial charge < -0.3 is 19.5 Å². The van der Waals surface area contributed by atoms with Crippen LogP contribution in [-0.2, 0) is 9.47 Å². The lowest BCUT2D eigenvalue weighted by atomic mass is 9.76. The zero-order valence-corrected chi connectivity index (χ0v) is 16.7. The van der Waals surface area contributed by atoms with Gasteiger partial charge in [0.2, 0.25) is 0 Å². The molecule has 1 N–H and O–H groups in total. The smallest absolute Gasteiger partial charge is 0.407 e. The van der Waals surface area contributed by atoms with Crippen LogP contribution in [0.3, 0.4) is 0 Å². The van der Waals surface area contributed by atoms with Gasteiger partial charge in [0.25, 0.3) is 0 Å². The summed E-state index contributed by atoms with van der Waals surface area (Å²) in [6.07, 6.45) is 9.81. The van der Waals surface area contributed by atoms with Crippen LogP contribution in [0.15, 0.2) is 11.6 Å². The standard InChI is InChI=1S/C15H26O2.C6H9NO2/c1-11(2)9-10-14-15(3,17-14)12-7-5-6-8-13(12)16-4;8-6(9)7-2-4-1-5(4)3-7/h9,12-14H,5-8,10H2,1-4H3;4-5H,1-3H2,(H,8,9). The maximum absolute atomic E-state index is 10.3. The van der Waals surface area contributed by atoms with Gasteiger partial charge >= 0.3 is 6.09 Å². The van der Waals surface area contributed by atoms with E-state index in [0.717, 1.165) is 31.3 Å². The van der Waals surface area contributed by atoms with Crippen LogP contribution in [0.25, 0.3) is 0 Å². The number of hydrogen-bond acceptors (Lipinski definition) is 3. The van der Waals surface area contributed by atoms with Crippen LogP contribution in [0.5, 0.6) is 0 Å². The van der Waals surface area contributed by atoms with Crippen LogP contribution in [0, 0.1) is 17.8 Å². The number of nitrogens with zero attached hydrogens (tertiary/aromatic N) is 1. The van der Waals surface area contributed by atoms with Crippen LogP contribution in [0.4, 0.5) is 4.79 Å². The molecule has 6 atom stereocenters.